The summed E-state index contributed by atoms with van der Waals surface area (Å²) in [6.45, 7) is 0.587. The fourth-order valence-electron chi connectivity index (χ4n) is 2.31. The molecule has 1 saturated heterocycles. The summed E-state index contributed by atoms with van der Waals surface area (Å²) in [4.78, 5) is 24.2. The Balaban J connectivity index is 2.08. The van der Waals surface area contributed by atoms with Gasteiger partial charge in [-0.1, -0.05) is 12.1 Å². The monoisotopic (exact) mass is 309 g/mol. The molecular formula is C15H19NO4S. The quantitative estimate of drug-likeness (QED) is 0.788. The molecule has 0 spiro atoms. The largest absolute Gasteiger partial charge is 0.481 e. The lowest BCUT2D eigenvalue weighted by molar-refractivity contribution is -0.138. The second-order valence-corrected chi connectivity index (χ2v) is 5.81. The van der Waals surface area contributed by atoms with Crippen molar-refractivity contribution in [2.75, 3.05) is 12.9 Å². The third kappa shape index (κ3) is 4.47. The summed E-state index contributed by atoms with van der Waals surface area (Å²) in [6.07, 6.45) is 2.94. The molecule has 2 rings (SSSR count). The van der Waals surface area contributed by atoms with E-state index >= 15 is 0 Å². The first-order chi connectivity index (χ1) is 10.1. The number of benzene rings is 1. The third-order valence-electron chi connectivity index (χ3n) is 3.44. The molecule has 2 unspecified atom stereocenters. The number of carboxylic acid groups (broad SMARTS) is 1. The minimum Gasteiger partial charge on any atom is -0.481 e. The van der Waals surface area contributed by atoms with Gasteiger partial charge in [0.15, 0.2) is 0 Å². The molecule has 0 radical (unpaired) electrons. The van der Waals surface area contributed by atoms with E-state index in [1.807, 2.05) is 30.5 Å². The van der Waals surface area contributed by atoms with Crippen molar-refractivity contribution in [3.8, 4) is 0 Å². The number of rotatable bonds is 6. The molecular weight excluding hydrogens is 290 g/mol. The molecule has 1 aromatic carbocycles. The minimum absolute atomic E-state index is 0.142. The summed E-state index contributed by atoms with van der Waals surface area (Å²) in [7, 11) is 0. The number of hydrogen-bond donors (Lipinski definition) is 2. The Morgan fingerprint density at radius 1 is 1.43 bits per heavy atom. The van der Waals surface area contributed by atoms with Gasteiger partial charge in [0.25, 0.3) is 0 Å². The molecule has 1 heterocycles. The van der Waals surface area contributed by atoms with E-state index in [0.29, 0.717) is 13.0 Å². The first kappa shape index (κ1) is 15.9. The van der Waals surface area contributed by atoms with Crippen LogP contribution in [-0.4, -0.2) is 35.9 Å². The van der Waals surface area contributed by atoms with Crippen LogP contribution in [0.5, 0.6) is 0 Å². The number of carboxylic acids is 1. The summed E-state index contributed by atoms with van der Waals surface area (Å²) in [5, 5.41) is 11.8. The Morgan fingerprint density at radius 3 is 2.67 bits per heavy atom. The van der Waals surface area contributed by atoms with E-state index in [-0.39, 0.29) is 12.3 Å². The number of carbonyl (C=O) groups is 2. The Hall–Kier alpha value is -1.53. The van der Waals surface area contributed by atoms with E-state index in [1.54, 1.807) is 11.8 Å². The molecule has 0 bridgehead atoms. The Morgan fingerprint density at radius 2 is 2.14 bits per heavy atom. The number of carbonyl (C=O) groups excluding carboxylic acids is 1. The topological polar surface area (TPSA) is 75.6 Å². The molecule has 6 heteroatoms. The number of ether oxygens (including phenoxy) is 1. The van der Waals surface area contributed by atoms with Gasteiger partial charge in [-0.15, -0.1) is 11.8 Å². The van der Waals surface area contributed by atoms with E-state index in [1.165, 1.54) is 0 Å². The summed E-state index contributed by atoms with van der Waals surface area (Å²) < 4.78 is 5.33. The molecule has 114 valence electrons. The van der Waals surface area contributed by atoms with Gasteiger partial charge in [0.1, 0.15) is 6.10 Å². The highest BCUT2D eigenvalue weighted by Crippen LogP contribution is 2.22. The molecule has 1 fully saturated rings. The standard InChI is InChI=1S/C15H19NO4S/c1-21-11-6-4-10(5-7-11)12(9-14(17)18)16-15(19)13-3-2-8-20-13/h4-7,12-13H,2-3,8-9H2,1H3,(H,16,19)(H,17,18). The Bertz CT molecular complexity index is 497. The lowest BCUT2D eigenvalue weighted by Crippen LogP contribution is -2.37. The number of hydrogen-bond acceptors (Lipinski definition) is 4. The van der Waals surface area contributed by atoms with Gasteiger partial charge in [0, 0.05) is 11.5 Å². The number of amides is 1. The van der Waals surface area contributed by atoms with Gasteiger partial charge in [0.05, 0.1) is 12.5 Å². The van der Waals surface area contributed by atoms with E-state index in [2.05, 4.69) is 5.32 Å². The molecule has 0 aliphatic carbocycles. The van der Waals surface area contributed by atoms with Crippen LogP contribution in [0.3, 0.4) is 0 Å². The summed E-state index contributed by atoms with van der Waals surface area (Å²) in [5.41, 5.74) is 0.793. The van der Waals surface area contributed by atoms with E-state index in [0.717, 1.165) is 16.9 Å². The first-order valence-electron chi connectivity index (χ1n) is 6.88. The van der Waals surface area contributed by atoms with Crippen LogP contribution in [-0.2, 0) is 14.3 Å². The van der Waals surface area contributed by atoms with Crippen molar-refractivity contribution in [1.29, 1.82) is 0 Å². The molecule has 0 saturated carbocycles. The van der Waals surface area contributed by atoms with Crippen molar-refractivity contribution in [2.24, 2.45) is 0 Å². The number of nitrogens with one attached hydrogen (secondary N) is 1. The number of aliphatic carboxylic acids is 1. The van der Waals surface area contributed by atoms with Gasteiger partial charge in [-0.3, -0.25) is 9.59 Å². The molecule has 1 aromatic rings. The van der Waals surface area contributed by atoms with Crippen LogP contribution in [0.2, 0.25) is 0 Å². The van der Waals surface area contributed by atoms with Crippen LogP contribution < -0.4 is 5.32 Å². The summed E-state index contributed by atoms with van der Waals surface area (Å²) in [5.74, 6) is -1.17. The lowest BCUT2D eigenvalue weighted by Gasteiger charge is -2.20. The van der Waals surface area contributed by atoms with Crippen molar-refractivity contribution in [1.82, 2.24) is 5.32 Å². The lowest BCUT2D eigenvalue weighted by atomic mass is 10.0. The molecule has 2 atom stereocenters. The maximum absolute atomic E-state index is 12.1. The fourth-order valence-corrected chi connectivity index (χ4v) is 2.72. The van der Waals surface area contributed by atoms with Crippen LogP contribution in [0.25, 0.3) is 0 Å². The van der Waals surface area contributed by atoms with E-state index in [9.17, 15) is 9.59 Å². The average Bonchev–Trinajstić information content (AvgIpc) is 3.00. The molecule has 21 heavy (non-hydrogen) atoms. The zero-order chi connectivity index (χ0) is 15.2. The van der Waals surface area contributed by atoms with E-state index in [4.69, 9.17) is 9.84 Å². The van der Waals surface area contributed by atoms with Crippen molar-refractivity contribution in [3.63, 3.8) is 0 Å². The van der Waals surface area contributed by atoms with Crippen molar-refractivity contribution in [2.45, 2.75) is 36.3 Å². The molecule has 1 aliphatic rings. The van der Waals surface area contributed by atoms with Gasteiger partial charge in [-0.25, -0.2) is 0 Å². The van der Waals surface area contributed by atoms with Gasteiger partial charge < -0.3 is 15.2 Å². The fraction of sp³-hybridized carbons (Fsp3) is 0.467. The van der Waals surface area contributed by atoms with Crippen molar-refractivity contribution >= 4 is 23.6 Å². The minimum atomic E-state index is -0.943. The predicted octanol–water partition coefficient (Wildman–Crippen LogP) is 2.22. The summed E-state index contributed by atoms with van der Waals surface area (Å²) in [6, 6.07) is 7.03. The Kier molecular flexibility index (Phi) is 5.64. The SMILES string of the molecule is CSc1ccc(C(CC(=O)O)NC(=O)C2CCCO2)cc1. The average molecular weight is 309 g/mol. The predicted molar refractivity (Wildman–Crippen MR) is 80.3 cm³/mol. The number of thioether (sulfide) groups is 1. The van der Waals surface area contributed by atoms with Gasteiger partial charge >= 0.3 is 5.97 Å². The second-order valence-electron chi connectivity index (χ2n) is 4.93. The van der Waals surface area contributed by atoms with Crippen LogP contribution in [0.1, 0.15) is 30.9 Å². The highest BCUT2D eigenvalue weighted by molar-refractivity contribution is 7.98. The normalized spacial score (nSPS) is 19.2. The van der Waals surface area contributed by atoms with E-state index < -0.39 is 18.1 Å². The van der Waals surface area contributed by atoms with Crippen LogP contribution in [0.15, 0.2) is 29.2 Å². The zero-order valence-corrected chi connectivity index (χ0v) is 12.7. The second kappa shape index (κ2) is 7.47. The molecule has 1 aliphatic heterocycles. The van der Waals surface area contributed by atoms with Crippen molar-refractivity contribution < 1.29 is 19.4 Å². The van der Waals surface area contributed by atoms with Gasteiger partial charge in [-0.05, 0) is 36.8 Å². The Labute approximate surface area is 128 Å². The maximum atomic E-state index is 12.1. The van der Waals surface area contributed by atoms with Crippen molar-refractivity contribution in [3.05, 3.63) is 29.8 Å². The molecule has 0 aromatic heterocycles. The zero-order valence-electron chi connectivity index (χ0n) is 11.9. The summed E-state index contributed by atoms with van der Waals surface area (Å²) >= 11 is 1.61. The third-order valence-corrected chi connectivity index (χ3v) is 4.18. The van der Waals surface area contributed by atoms with Crippen LogP contribution in [0, 0.1) is 0 Å². The molecule has 5 nitrogen and oxygen atoms in total. The molecule has 2 N–H and O–H groups in total. The van der Waals surface area contributed by atoms with Crippen LogP contribution in [0.4, 0.5) is 0 Å². The van der Waals surface area contributed by atoms with Crippen LogP contribution >= 0.6 is 11.8 Å². The highest BCUT2D eigenvalue weighted by atomic mass is 32.2. The smallest absolute Gasteiger partial charge is 0.305 e. The highest BCUT2D eigenvalue weighted by Gasteiger charge is 2.27. The van der Waals surface area contributed by atoms with Gasteiger partial charge in [0.2, 0.25) is 5.91 Å². The first-order valence-corrected chi connectivity index (χ1v) is 8.10. The molecule has 1 amide bonds. The van der Waals surface area contributed by atoms with Gasteiger partial charge in [-0.2, -0.15) is 0 Å². The maximum Gasteiger partial charge on any atom is 0.305 e.